The maximum absolute atomic E-state index is 4.32. The van der Waals surface area contributed by atoms with Crippen LogP contribution in [0.1, 0.15) is 5.56 Å². The van der Waals surface area contributed by atoms with Crippen molar-refractivity contribution in [1.29, 1.82) is 0 Å². The number of thioether (sulfide) groups is 1. The number of aromatic nitrogens is 2. The van der Waals surface area contributed by atoms with Gasteiger partial charge >= 0.3 is 5.16 Å². The second kappa shape index (κ2) is 4.94. The zero-order chi connectivity index (χ0) is 10.5. The number of hydrogen-bond donors (Lipinski definition) is 0. The van der Waals surface area contributed by atoms with Crippen molar-refractivity contribution in [3.8, 4) is 0 Å². The fourth-order valence-electron chi connectivity index (χ4n) is 1.29. The molecule has 2 nitrogen and oxygen atoms in total. The summed E-state index contributed by atoms with van der Waals surface area (Å²) in [6.07, 6.45) is 3.84. The topological polar surface area (TPSA) is 16.8 Å². The summed E-state index contributed by atoms with van der Waals surface area (Å²) in [6.45, 7) is 0. The molecule has 0 atom stereocenters. The fourth-order valence-corrected chi connectivity index (χ4v) is 2.18. The molecule has 3 heteroatoms. The van der Waals surface area contributed by atoms with Crippen LogP contribution >= 0.6 is 11.8 Å². The first-order valence-electron chi connectivity index (χ1n) is 4.83. The second-order valence-electron chi connectivity index (χ2n) is 3.29. The van der Waals surface area contributed by atoms with Gasteiger partial charge in [-0.25, -0.2) is 4.57 Å². The van der Waals surface area contributed by atoms with E-state index in [1.54, 1.807) is 11.8 Å². The quantitative estimate of drug-likeness (QED) is 0.445. The molecule has 2 aromatic rings. The van der Waals surface area contributed by atoms with E-state index in [2.05, 4.69) is 29.2 Å². The van der Waals surface area contributed by atoms with Gasteiger partial charge in [0.1, 0.15) is 6.20 Å². The van der Waals surface area contributed by atoms with Crippen molar-refractivity contribution >= 4 is 11.8 Å². The lowest BCUT2D eigenvalue weighted by atomic mass is 10.2. The van der Waals surface area contributed by atoms with Crippen LogP contribution in [0.3, 0.4) is 0 Å². The van der Waals surface area contributed by atoms with Gasteiger partial charge in [-0.05, 0) is 22.3 Å². The molecule has 0 aliphatic heterocycles. The normalized spacial score (nSPS) is 10.2. The number of benzene rings is 1. The van der Waals surface area contributed by atoms with Crippen molar-refractivity contribution in [2.75, 3.05) is 0 Å². The van der Waals surface area contributed by atoms with Gasteiger partial charge in [0, 0.05) is 11.8 Å². The Balaban J connectivity index is 2.03. The van der Waals surface area contributed by atoms with Gasteiger partial charge in [-0.2, -0.15) is 0 Å². The molecular formula is C12H13N2S+. The third-order valence-corrected chi connectivity index (χ3v) is 3.22. The van der Waals surface area contributed by atoms with Crippen molar-refractivity contribution < 1.29 is 4.57 Å². The first-order chi connectivity index (χ1) is 7.36. The molecule has 0 saturated heterocycles. The highest BCUT2D eigenvalue weighted by molar-refractivity contribution is 7.98. The highest BCUT2D eigenvalue weighted by Crippen LogP contribution is 2.16. The third kappa shape index (κ3) is 2.80. The maximum atomic E-state index is 4.32. The number of aryl methyl sites for hydroxylation is 1. The van der Waals surface area contributed by atoms with Crippen molar-refractivity contribution in [2.45, 2.75) is 10.9 Å². The van der Waals surface area contributed by atoms with Crippen LogP contribution in [-0.2, 0) is 12.8 Å². The summed E-state index contributed by atoms with van der Waals surface area (Å²) < 4.78 is 2.04. The Morgan fingerprint density at radius 3 is 2.73 bits per heavy atom. The zero-order valence-electron chi connectivity index (χ0n) is 8.63. The van der Waals surface area contributed by atoms with E-state index in [0.29, 0.717) is 0 Å². The fraction of sp³-hybridized carbons (Fsp3) is 0.167. The van der Waals surface area contributed by atoms with Crippen LogP contribution < -0.4 is 4.57 Å². The van der Waals surface area contributed by atoms with Gasteiger partial charge in [0.05, 0.1) is 13.2 Å². The minimum absolute atomic E-state index is 0.964. The molecule has 76 valence electrons. The van der Waals surface area contributed by atoms with Gasteiger partial charge in [-0.3, -0.25) is 0 Å². The summed E-state index contributed by atoms with van der Waals surface area (Å²) in [5, 5.41) is 1.04. The lowest BCUT2D eigenvalue weighted by Crippen LogP contribution is -2.31. The standard InChI is InChI=1S/C12H13N2S/c1-14-9-5-8-13-12(14)15-10-11-6-3-2-4-7-11/h2-9H,10H2,1H3/q+1. The van der Waals surface area contributed by atoms with Gasteiger partial charge in [-0.1, -0.05) is 30.3 Å². The molecule has 0 saturated carbocycles. The van der Waals surface area contributed by atoms with Gasteiger partial charge < -0.3 is 0 Å². The van der Waals surface area contributed by atoms with Gasteiger partial charge in [0.2, 0.25) is 0 Å². The van der Waals surface area contributed by atoms with Crippen molar-refractivity contribution in [2.24, 2.45) is 7.05 Å². The van der Waals surface area contributed by atoms with E-state index in [-0.39, 0.29) is 0 Å². The van der Waals surface area contributed by atoms with E-state index < -0.39 is 0 Å². The van der Waals surface area contributed by atoms with Crippen LogP contribution in [-0.4, -0.2) is 4.98 Å². The van der Waals surface area contributed by atoms with Crippen LogP contribution in [0, 0.1) is 0 Å². The van der Waals surface area contributed by atoms with E-state index >= 15 is 0 Å². The van der Waals surface area contributed by atoms with Crippen LogP contribution in [0.15, 0.2) is 53.9 Å². The van der Waals surface area contributed by atoms with Gasteiger partial charge in [0.25, 0.3) is 0 Å². The summed E-state index contributed by atoms with van der Waals surface area (Å²) in [5.41, 5.74) is 1.33. The Hall–Kier alpha value is -1.35. The molecule has 0 unspecified atom stereocenters. The molecule has 0 aliphatic carbocycles. The first-order valence-corrected chi connectivity index (χ1v) is 5.82. The minimum Gasteiger partial charge on any atom is -0.228 e. The smallest absolute Gasteiger partial charge is 0.228 e. The summed E-state index contributed by atoms with van der Waals surface area (Å²) in [4.78, 5) is 4.32. The molecular weight excluding hydrogens is 204 g/mol. The first kappa shape index (κ1) is 10.2. The largest absolute Gasteiger partial charge is 0.359 e. The molecule has 0 bridgehead atoms. The molecule has 1 heterocycles. The summed E-state index contributed by atoms with van der Waals surface area (Å²) in [5.74, 6) is 0.964. The summed E-state index contributed by atoms with van der Waals surface area (Å²) >= 11 is 1.75. The Morgan fingerprint density at radius 2 is 2.00 bits per heavy atom. The van der Waals surface area contributed by atoms with E-state index in [4.69, 9.17) is 0 Å². The molecule has 1 aromatic heterocycles. The average molecular weight is 217 g/mol. The SMILES string of the molecule is C[n+]1cccnc1SCc1ccccc1. The van der Waals surface area contributed by atoms with Gasteiger partial charge in [-0.15, -0.1) is 0 Å². The summed E-state index contributed by atoms with van der Waals surface area (Å²) in [7, 11) is 2.01. The van der Waals surface area contributed by atoms with E-state index in [1.165, 1.54) is 5.56 Å². The molecule has 2 rings (SSSR count). The van der Waals surface area contributed by atoms with Crippen LogP contribution in [0.2, 0.25) is 0 Å². The Kier molecular flexibility index (Phi) is 3.35. The summed E-state index contributed by atoms with van der Waals surface area (Å²) in [6, 6.07) is 12.4. The van der Waals surface area contributed by atoms with Crippen LogP contribution in [0.4, 0.5) is 0 Å². The Labute approximate surface area is 94.0 Å². The van der Waals surface area contributed by atoms with E-state index in [0.717, 1.165) is 10.9 Å². The molecule has 0 fully saturated rings. The number of rotatable bonds is 3. The van der Waals surface area contributed by atoms with Crippen molar-refractivity contribution in [1.82, 2.24) is 4.98 Å². The molecule has 0 N–H and O–H groups in total. The molecule has 0 radical (unpaired) electrons. The van der Waals surface area contributed by atoms with Crippen molar-refractivity contribution in [3.05, 3.63) is 54.4 Å². The monoisotopic (exact) mass is 217 g/mol. The third-order valence-electron chi connectivity index (χ3n) is 2.09. The predicted molar refractivity (Wildman–Crippen MR) is 61.4 cm³/mol. The van der Waals surface area contributed by atoms with E-state index in [9.17, 15) is 0 Å². The molecule has 15 heavy (non-hydrogen) atoms. The molecule has 1 aromatic carbocycles. The predicted octanol–water partition coefficient (Wildman–Crippen LogP) is 2.20. The molecule has 0 aliphatic rings. The zero-order valence-corrected chi connectivity index (χ0v) is 9.45. The van der Waals surface area contributed by atoms with Crippen LogP contribution in [0.25, 0.3) is 0 Å². The lowest BCUT2D eigenvalue weighted by Gasteiger charge is -1.98. The average Bonchev–Trinajstić information content (AvgIpc) is 2.29. The molecule has 0 spiro atoms. The highest BCUT2D eigenvalue weighted by Gasteiger charge is 2.07. The maximum Gasteiger partial charge on any atom is 0.359 e. The van der Waals surface area contributed by atoms with E-state index in [1.807, 2.05) is 36.1 Å². The Bertz CT molecular complexity index is 429. The van der Waals surface area contributed by atoms with Crippen molar-refractivity contribution in [3.63, 3.8) is 0 Å². The molecule has 0 amide bonds. The highest BCUT2D eigenvalue weighted by atomic mass is 32.2. The van der Waals surface area contributed by atoms with Gasteiger partial charge in [0.15, 0.2) is 0 Å². The van der Waals surface area contributed by atoms with Crippen LogP contribution in [0.5, 0.6) is 0 Å². The Morgan fingerprint density at radius 1 is 1.20 bits per heavy atom. The lowest BCUT2D eigenvalue weighted by molar-refractivity contribution is -0.713. The second-order valence-corrected chi connectivity index (χ2v) is 4.23. The number of hydrogen-bond acceptors (Lipinski definition) is 2. The number of nitrogens with zero attached hydrogens (tertiary/aromatic N) is 2. The minimum atomic E-state index is 0.964.